The summed E-state index contributed by atoms with van der Waals surface area (Å²) in [4.78, 5) is 16.7. The number of furan rings is 1. The van der Waals surface area contributed by atoms with Gasteiger partial charge in [-0.2, -0.15) is 0 Å². The van der Waals surface area contributed by atoms with Gasteiger partial charge in [-0.25, -0.2) is 0 Å². The SMILES string of the molecule is Cc1cc(CN2C[C@H]3CN(C(=O)c4ccco4)CCO[C@H]3C2)no1. The van der Waals surface area contributed by atoms with Gasteiger partial charge in [-0.3, -0.25) is 9.69 Å². The van der Waals surface area contributed by atoms with Crippen LogP contribution in [0.5, 0.6) is 0 Å². The summed E-state index contributed by atoms with van der Waals surface area (Å²) in [6, 6.07) is 5.41. The number of hydrogen-bond acceptors (Lipinski definition) is 6. The number of aryl methyl sites for hydroxylation is 1. The van der Waals surface area contributed by atoms with Gasteiger partial charge in [0.2, 0.25) is 0 Å². The first kappa shape index (κ1) is 15.4. The molecule has 0 spiro atoms. The van der Waals surface area contributed by atoms with E-state index in [2.05, 4.69) is 10.1 Å². The molecule has 0 radical (unpaired) electrons. The van der Waals surface area contributed by atoms with Gasteiger partial charge in [0.15, 0.2) is 5.76 Å². The molecule has 2 aromatic heterocycles. The maximum Gasteiger partial charge on any atom is 0.289 e. The fraction of sp³-hybridized carbons (Fsp3) is 0.529. The molecule has 7 heteroatoms. The van der Waals surface area contributed by atoms with Gasteiger partial charge in [-0.05, 0) is 19.1 Å². The van der Waals surface area contributed by atoms with Crippen LogP contribution in [0.4, 0.5) is 0 Å². The molecular weight excluding hydrogens is 310 g/mol. The lowest BCUT2D eigenvalue weighted by atomic mass is 10.1. The third-order valence-corrected chi connectivity index (χ3v) is 4.69. The predicted octanol–water partition coefficient (Wildman–Crippen LogP) is 1.55. The average Bonchev–Trinajstić information content (AvgIpc) is 3.27. The van der Waals surface area contributed by atoms with E-state index in [4.69, 9.17) is 13.7 Å². The van der Waals surface area contributed by atoms with Crippen LogP contribution in [-0.2, 0) is 11.3 Å². The summed E-state index contributed by atoms with van der Waals surface area (Å²) < 4.78 is 16.4. The fourth-order valence-electron chi connectivity index (χ4n) is 3.57. The van der Waals surface area contributed by atoms with Crippen LogP contribution in [0.1, 0.15) is 22.0 Å². The molecule has 4 rings (SSSR count). The van der Waals surface area contributed by atoms with Crippen molar-refractivity contribution in [2.75, 3.05) is 32.8 Å². The second-order valence-corrected chi connectivity index (χ2v) is 6.52. The average molecular weight is 331 g/mol. The van der Waals surface area contributed by atoms with E-state index >= 15 is 0 Å². The van der Waals surface area contributed by atoms with Crippen LogP contribution in [0.25, 0.3) is 0 Å². The summed E-state index contributed by atoms with van der Waals surface area (Å²) in [6.45, 7) is 6.25. The molecule has 0 N–H and O–H groups in total. The summed E-state index contributed by atoms with van der Waals surface area (Å²) in [5.41, 5.74) is 0.937. The van der Waals surface area contributed by atoms with Crippen molar-refractivity contribution < 1.29 is 18.5 Å². The Bertz CT molecular complexity index is 697. The minimum Gasteiger partial charge on any atom is -0.459 e. The highest BCUT2D eigenvalue weighted by molar-refractivity contribution is 5.91. The summed E-state index contributed by atoms with van der Waals surface area (Å²) in [7, 11) is 0. The molecule has 0 aromatic carbocycles. The molecule has 2 aliphatic heterocycles. The lowest BCUT2D eigenvalue weighted by Crippen LogP contribution is -2.37. The molecule has 24 heavy (non-hydrogen) atoms. The third-order valence-electron chi connectivity index (χ3n) is 4.69. The van der Waals surface area contributed by atoms with E-state index in [0.29, 0.717) is 31.4 Å². The second-order valence-electron chi connectivity index (χ2n) is 6.52. The molecule has 128 valence electrons. The van der Waals surface area contributed by atoms with Crippen LogP contribution < -0.4 is 0 Å². The van der Waals surface area contributed by atoms with E-state index in [-0.39, 0.29) is 12.0 Å². The zero-order valence-electron chi connectivity index (χ0n) is 13.7. The Labute approximate surface area is 140 Å². The van der Waals surface area contributed by atoms with Crippen LogP contribution in [0.15, 0.2) is 33.4 Å². The van der Waals surface area contributed by atoms with Gasteiger partial charge in [0.1, 0.15) is 5.76 Å². The summed E-state index contributed by atoms with van der Waals surface area (Å²) in [6.07, 6.45) is 1.69. The van der Waals surface area contributed by atoms with Crippen LogP contribution in [0, 0.1) is 12.8 Å². The Morgan fingerprint density at radius 3 is 3.04 bits per heavy atom. The van der Waals surface area contributed by atoms with Gasteiger partial charge < -0.3 is 18.6 Å². The number of aromatic nitrogens is 1. The molecule has 2 saturated heterocycles. The Balaban J connectivity index is 1.40. The van der Waals surface area contributed by atoms with Crippen LogP contribution in [-0.4, -0.2) is 59.8 Å². The molecule has 0 saturated carbocycles. The zero-order chi connectivity index (χ0) is 16.5. The fourth-order valence-corrected chi connectivity index (χ4v) is 3.57. The highest BCUT2D eigenvalue weighted by atomic mass is 16.5. The Morgan fingerprint density at radius 2 is 2.29 bits per heavy atom. The Hall–Kier alpha value is -2.12. The van der Waals surface area contributed by atoms with Gasteiger partial charge >= 0.3 is 0 Å². The molecule has 0 aliphatic carbocycles. The van der Waals surface area contributed by atoms with E-state index in [1.165, 1.54) is 6.26 Å². The predicted molar refractivity (Wildman–Crippen MR) is 84.4 cm³/mol. The van der Waals surface area contributed by atoms with E-state index in [0.717, 1.165) is 31.1 Å². The van der Waals surface area contributed by atoms with Crippen molar-refractivity contribution in [1.82, 2.24) is 15.0 Å². The van der Waals surface area contributed by atoms with Crippen molar-refractivity contribution in [2.24, 2.45) is 5.92 Å². The number of nitrogens with zero attached hydrogens (tertiary/aromatic N) is 3. The van der Waals surface area contributed by atoms with E-state index in [1.807, 2.05) is 17.9 Å². The highest BCUT2D eigenvalue weighted by Gasteiger charge is 2.38. The quantitative estimate of drug-likeness (QED) is 0.850. The first-order chi connectivity index (χ1) is 11.7. The van der Waals surface area contributed by atoms with E-state index in [9.17, 15) is 4.79 Å². The van der Waals surface area contributed by atoms with Crippen LogP contribution in [0.3, 0.4) is 0 Å². The monoisotopic (exact) mass is 331 g/mol. The van der Waals surface area contributed by atoms with Gasteiger partial charge in [0.25, 0.3) is 5.91 Å². The molecule has 0 bridgehead atoms. The summed E-state index contributed by atoms with van der Waals surface area (Å²) in [5.74, 6) is 1.46. The molecule has 2 aromatic rings. The molecule has 4 heterocycles. The Kier molecular flexibility index (Phi) is 4.12. The number of amides is 1. The van der Waals surface area contributed by atoms with Crippen molar-refractivity contribution in [1.29, 1.82) is 0 Å². The number of rotatable bonds is 3. The zero-order valence-corrected chi connectivity index (χ0v) is 13.7. The smallest absolute Gasteiger partial charge is 0.289 e. The minimum atomic E-state index is -0.0603. The van der Waals surface area contributed by atoms with Crippen molar-refractivity contribution >= 4 is 5.91 Å². The molecule has 7 nitrogen and oxygen atoms in total. The lowest BCUT2D eigenvalue weighted by molar-refractivity contribution is 0.0497. The van der Waals surface area contributed by atoms with Gasteiger partial charge in [-0.1, -0.05) is 5.16 Å². The molecule has 2 atom stereocenters. The Morgan fingerprint density at radius 1 is 1.38 bits per heavy atom. The van der Waals surface area contributed by atoms with Crippen LogP contribution in [0.2, 0.25) is 0 Å². The summed E-state index contributed by atoms with van der Waals surface area (Å²) >= 11 is 0. The number of likely N-dealkylation sites (tertiary alicyclic amines) is 1. The summed E-state index contributed by atoms with van der Waals surface area (Å²) in [5, 5.41) is 4.06. The van der Waals surface area contributed by atoms with Gasteiger partial charge in [0.05, 0.1) is 24.7 Å². The largest absolute Gasteiger partial charge is 0.459 e. The molecule has 0 unspecified atom stereocenters. The van der Waals surface area contributed by atoms with Gasteiger partial charge in [-0.15, -0.1) is 0 Å². The number of fused-ring (bicyclic) bond motifs is 1. The lowest BCUT2D eigenvalue weighted by Gasteiger charge is -2.22. The van der Waals surface area contributed by atoms with Crippen molar-refractivity contribution in [3.05, 3.63) is 41.7 Å². The normalized spacial score (nSPS) is 24.8. The topological polar surface area (TPSA) is 72.0 Å². The van der Waals surface area contributed by atoms with Crippen molar-refractivity contribution in [3.63, 3.8) is 0 Å². The maximum atomic E-state index is 12.5. The minimum absolute atomic E-state index is 0.0603. The van der Waals surface area contributed by atoms with E-state index in [1.54, 1.807) is 12.1 Å². The highest BCUT2D eigenvalue weighted by Crippen LogP contribution is 2.25. The second kappa shape index (κ2) is 6.41. The van der Waals surface area contributed by atoms with Crippen molar-refractivity contribution in [2.45, 2.75) is 19.6 Å². The third kappa shape index (κ3) is 3.09. The number of carbonyl (C=O) groups is 1. The number of hydrogen-bond donors (Lipinski definition) is 0. The molecule has 1 amide bonds. The maximum absolute atomic E-state index is 12.5. The molecular formula is C17H21N3O4. The molecule has 2 aliphatic rings. The molecule has 2 fully saturated rings. The number of ether oxygens (including phenoxy) is 1. The standard InChI is InChI=1S/C17H21N3O4/c1-12-7-14(18-24-12)10-19-8-13-9-20(4-6-23-16(13)11-19)17(21)15-3-2-5-22-15/h2-3,5,7,13,16H,4,6,8-11H2,1H3/t13-,16-/m0/s1. The first-order valence-corrected chi connectivity index (χ1v) is 8.28. The first-order valence-electron chi connectivity index (χ1n) is 8.28. The van der Waals surface area contributed by atoms with Gasteiger partial charge in [0, 0.05) is 44.7 Å². The van der Waals surface area contributed by atoms with E-state index < -0.39 is 0 Å². The number of carbonyl (C=O) groups excluding carboxylic acids is 1. The van der Waals surface area contributed by atoms with Crippen molar-refractivity contribution in [3.8, 4) is 0 Å². The van der Waals surface area contributed by atoms with Crippen LogP contribution >= 0.6 is 0 Å².